The number of hydrogen-bond donors (Lipinski definition) is 1. The number of nitrogens with zero attached hydrogens (tertiary/aromatic N) is 2. The van der Waals surface area contributed by atoms with Crippen molar-refractivity contribution in [3.63, 3.8) is 0 Å². The third-order valence-corrected chi connectivity index (χ3v) is 6.25. The highest BCUT2D eigenvalue weighted by Gasteiger charge is 2.44. The van der Waals surface area contributed by atoms with E-state index in [0.717, 1.165) is 31.2 Å². The minimum atomic E-state index is -0.305. The number of aromatic amines is 1. The van der Waals surface area contributed by atoms with E-state index in [1.54, 1.807) is 6.92 Å². The molecule has 4 bridgehead atoms. The summed E-state index contributed by atoms with van der Waals surface area (Å²) in [7, 11) is 0. The van der Waals surface area contributed by atoms with Crippen molar-refractivity contribution >= 4 is 17.0 Å². The highest BCUT2D eigenvalue weighted by molar-refractivity contribution is 6.06. The Morgan fingerprint density at radius 1 is 1.21 bits per heavy atom. The van der Waals surface area contributed by atoms with Crippen LogP contribution in [0.3, 0.4) is 0 Å². The number of hydrogen-bond acceptors (Lipinski definition) is 4. The Morgan fingerprint density at radius 3 is 2.67 bits per heavy atom. The monoisotopic (exact) mass is 327 g/mol. The van der Waals surface area contributed by atoms with Gasteiger partial charge in [-0.25, -0.2) is 4.98 Å². The normalized spacial score (nSPS) is 31.6. The first-order valence-corrected chi connectivity index (χ1v) is 8.88. The second-order valence-electron chi connectivity index (χ2n) is 7.83. The van der Waals surface area contributed by atoms with Gasteiger partial charge < -0.3 is 14.3 Å². The van der Waals surface area contributed by atoms with Gasteiger partial charge in [-0.15, -0.1) is 0 Å². The van der Waals surface area contributed by atoms with Crippen molar-refractivity contribution in [2.75, 3.05) is 6.54 Å². The summed E-state index contributed by atoms with van der Waals surface area (Å²) in [6.07, 6.45) is 7.39. The molecule has 2 unspecified atom stereocenters. The number of nitrogens with one attached hydrogen (secondary N) is 1. The summed E-state index contributed by atoms with van der Waals surface area (Å²) in [6, 6.07) is 0.314. The quantitative estimate of drug-likeness (QED) is 0.872. The topological polar surface area (TPSA) is 79.2 Å². The van der Waals surface area contributed by atoms with Crippen molar-refractivity contribution in [1.82, 2.24) is 14.9 Å². The molecule has 2 saturated carbocycles. The number of fused-ring (bicyclic) bond motifs is 2. The molecule has 0 spiro atoms. The zero-order valence-electron chi connectivity index (χ0n) is 13.7. The first-order valence-electron chi connectivity index (χ1n) is 8.88. The first-order chi connectivity index (χ1) is 11.6. The van der Waals surface area contributed by atoms with Crippen molar-refractivity contribution in [3.05, 3.63) is 28.0 Å². The smallest absolute Gasteiger partial charge is 0.262 e. The van der Waals surface area contributed by atoms with Crippen LogP contribution in [0.5, 0.6) is 0 Å². The van der Waals surface area contributed by atoms with E-state index in [9.17, 15) is 9.59 Å². The van der Waals surface area contributed by atoms with Gasteiger partial charge in [0.15, 0.2) is 0 Å². The molecule has 6 heteroatoms. The van der Waals surface area contributed by atoms with E-state index >= 15 is 0 Å². The van der Waals surface area contributed by atoms with Crippen molar-refractivity contribution < 1.29 is 9.21 Å². The Labute approximate surface area is 139 Å². The summed E-state index contributed by atoms with van der Waals surface area (Å²) in [5.74, 6) is 2.60. The molecular formula is C18H21N3O3. The molecule has 2 aromatic heterocycles. The van der Waals surface area contributed by atoms with Crippen molar-refractivity contribution in [3.8, 4) is 0 Å². The molecule has 4 fully saturated rings. The number of H-pyrrole nitrogens is 1. The molecule has 2 aliphatic heterocycles. The fraction of sp³-hybridized carbons (Fsp3) is 0.611. The Hall–Kier alpha value is -2.11. The van der Waals surface area contributed by atoms with Crippen molar-refractivity contribution in [1.29, 1.82) is 0 Å². The van der Waals surface area contributed by atoms with Crippen molar-refractivity contribution in [2.45, 2.75) is 45.1 Å². The lowest BCUT2D eigenvalue weighted by molar-refractivity contribution is 0.0632. The van der Waals surface area contributed by atoms with E-state index in [2.05, 4.69) is 9.97 Å². The van der Waals surface area contributed by atoms with E-state index < -0.39 is 0 Å². The molecule has 4 aliphatic rings. The Balaban J connectivity index is 1.60. The minimum Gasteiger partial charge on any atom is -0.442 e. The lowest BCUT2D eigenvalue weighted by atomic mass is 9.68. The molecule has 126 valence electrons. The largest absolute Gasteiger partial charge is 0.442 e. The maximum absolute atomic E-state index is 13.4. The molecule has 2 aromatic rings. The minimum absolute atomic E-state index is 0.0528. The van der Waals surface area contributed by atoms with Gasteiger partial charge in [0.05, 0.1) is 11.9 Å². The molecule has 4 heterocycles. The van der Waals surface area contributed by atoms with Gasteiger partial charge in [0.1, 0.15) is 11.1 Å². The summed E-state index contributed by atoms with van der Waals surface area (Å²) >= 11 is 0. The van der Waals surface area contributed by atoms with Crippen LogP contribution >= 0.6 is 0 Å². The summed E-state index contributed by atoms with van der Waals surface area (Å²) in [5, 5.41) is 0.295. The lowest BCUT2D eigenvalue weighted by Crippen LogP contribution is -2.42. The van der Waals surface area contributed by atoms with Gasteiger partial charge in [-0.3, -0.25) is 9.59 Å². The lowest BCUT2D eigenvalue weighted by Gasteiger charge is -2.38. The molecule has 2 aliphatic carbocycles. The molecule has 0 radical (unpaired) electrons. The number of carbonyl (C=O) groups excluding carboxylic acids is 1. The van der Waals surface area contributed by atoms with Crippen LogP contribution in [0.15, 0.2) is 15.5 Å². The van der Waals surface area contributed by atoms with Gasteiger partial charge in [0.25, 0.3) is 11.5 Å². The number of carbonyl (C=O) groups is 1. The average molecular weight is 327 g/mol. The zero-order chi connectivity index (χ0) is 16.4. The summed E-state index contributed by atoms with van der Waals surface area (Å²) in [4.78, 5) is 34.2. The predicted octanol–water partition coefficient (Wildman–Crippen LogP) is 2.48. The fourth-order valence-corrected chi connectivity index (χ4v) is 5.49. The summed E-state index contributed by atoms with van der Waals surface area (Å²) < 4.78 is 5.59. The molecule has 6 nitrogen and oxygen atoms in total. The number of furan rings is 1. The molecule has 1 amide bonds. The van der Waals surface area contributed by atoms with E-state index in [4.69, 9.17) is 4.42 Å². The van der Waals surface area contributed by atoms with Crippen LogP contribution < -0.4 is 5.56 Å². The third-order valence-electron chi connectivity index (χ3n) is 6.25. The van der Waals surface area contributed by atoms with Crippen LogP contribution in [0.4, 0.5) is 0 Å². The van der Waals surface area contributed by atoms with Crippen LogP contribution in [0.25, 0.3) is 11.1 Å². The molecule has 0 aromatic carbocycles. The highest BCUT2D eigenvalue weighted by atomic mass is 16.3. The van der Waals surface area contributed by atoms with Crippen LogP contribution in [-0.4, -0.2) is 33.4 Å². The molecule has 4 atom stereocenters. The Kier molecular flexibility index (Phi) is 2.94. The SMILES string of the molecule is Cc1oc2nc[nH]c(=O)c2c1C(=O)N1CC2C[C@@H]3CC1C[C@H](C2)C3. The zero-order valence-corrected chi connectivity index (χ0v) is 13.7. The maximum atomic E-state index is 13.4. The van der Waals surface area contributed by atoms with Gasteiger partial charge in [-0.2, -0.15) is 0 Å². The third kappa shape index (κ3) is 1.98. The van der Waals surface area contributed by atoms with Gasteiger partial charge in [0, 0.05) is 12.6 Å². The van der Waals surface area contributed by atoms with E-state index in [1.807, 2.05) is 4.90 Å². The number of aryl methyl sites for hydroxylation is 1. The Bertz CT molecular complexity index is 869. The number of amides is 1. The molecule has 24 heavy (non-hydrogen) atoms. The predicted molar refractivity (Wildman–Crippen MR) is 87.7 cm³/mol. The average Bonchev–Trinajstić information content (AvgIpc) is 2.76. The van der Waals surface area contributed by atoms with Crippen LogP contribution in [0.1, 0.15) is 48.2 Å². The highest BCUT2D eigenvalue weighted by Crippen LogP contribution is 2.47. The molecule has 2 saturated heterocycles. The number of rotatable bonds is 1. The Morgan fingerprint density at radius 2 is 1.92 bits per heavy atom. The van der Waals surface area contributed by atoms with Crippen molar-refractivity contribution in [2.24, 2.45) is 17.8 Å². The number of aromatic nitrogens is 2. The second kappa shape index (κ2) is 4.94. The van der Waals surface area contributed by atoms with Gasteiger partial charge in [-0.1, -0.05) is 0 Å². The standard InChI is InChI=1S/C18H21N3O3/c1-9-14(15-16(22)19-8-20-17(15)24-9)18(23)21-7-12-3-10-2-11(4-12)6-13(21)5-10/h8,10-13H,2-7H2,1H3,(H,19,20,22)/t10-,11+,12?,13?. The molecular weight excluding hydrogens is 306 g/mol. The first kappa shape index (κ1) is 14.3. The molecule has 1 N–H and O–H groups in total. The van der Waals surface area contributed by atoms with E-state index in [0.29, 0.717) is 28.7 Å². The van der Waals surface area contributed by atoms with Gasteiger partial charge >= 0.3 is 0 Å². The maximum Gasteiger partial charge on any atom is 0.262 e. The summed E-state index contributed by atoms with van der Waals surface area (Å²) in [5.41, 5.74) is 0.349. The van der Waals surface area contributed by atoms with E-state index in [1.165, 1.54) is 25.6 Å². The van der Waals surface area contributed by atoms with Crippen LogP contribution in [0, 0.1) is 24.7 Å². The second-order valence-corrected chi connectivity index (χ2v) is 7.83. The van der Waals surface area contributed by atoms with Gasteiger partial charge in [-0.05, 0) is 56.8 Å². The van der Waals surface area contributed by atoms with E-state index in [-0.39, 0.29) is 17.2 Å². The summed E-state index contributed by atoms with van der Waals surface area (Å²) in [6.45, 7) is 2.57. The van der Waals surface area contributed by atoms with Crippen LogP contribution in [0.2, 0.25) is 0 Å². The molecule has 6 rings (SSSR count). The van der Waals surface area contributed by atoms with Crippen LogP contribution in [-0.2, 0) is 0 Å². The van der Waals surface area contributed by atoms with Gasteiger partial charge in [0.2, 0.25) is 5.71 Å². The fourth-order valence-electron chi connectivity index (χ4n) is 5.49.